The first-order valence-electron chi connectivity index (χ1n) is 13.5. The van der Waals surface area contributed by atoms with Gasteiger partial charge in [0.1, 0.15) is 11.6 Å². The molecule has 1 amide bonds. The molecule has 10 nitrogen and oxygen atoms in total. The third kappa shape index (κ3) is 4.82. The summed E-state index contributed by atoms with van der Waals surface area (Å²) in [6, 6.07) is 16.0. The van der Waals surface area contributed by atoms with Crippen molar-refractivity contribution in [3.63, 3.8) is 0 Å². The van der Waals surface area contributed by atoms with E-state index in [1.165, 1.54) is 0 Å². The lowest BCUT2D eigenvalue weighted by Crippen LogP contribution is -2.37. The van der Waals surface area contributed by atoms with Gasteiger partial charge in [-0.05, 0) is 50.6 Å². The van der Waals surface area contributed by atoms with Gasteiger partial charge < -0.3 is 19.1 Å². The maximum Gasteiger partial charge on any atom is 0.292 e. The number of fused-ring (bicyclic) bond motifs is 2. The number of anilines is 2. The van der Waals surface area contributed by atoms with Gasteiger partial charge >= 0.3 is 0 Å². The van der Waals surface area contributed by atoms with Gasteiger partial charge in [0, 0.05) is 60.6 Å². The molecule has 2 aromatic carbocycles. The van der Waals surface area contributed by atoms with Crippen LogP contribution in [0.25, 0.3) is 22.0 Å². The van der Waals surface area contributed by atoms with Crippen LogP contribution in [0.1, 0.15) is 40.3 Å². The fourth-order valence-electron chi connectivity index (χ4n) is 5.27. The normalized spacial score (nSPS) is 13.0. The van der Waals surface area contributed by atoms with Crippen molar-refractivity contribution in [3.8, 4) is 11.1 Å². The van der Waals surface area contributed by atoms with E-state index in [1.54, 1.807) is 11.1 Å². The number of benzene rings is 2. The number of hydrogen-bond donors (Lipinski definition) is 1. The zero-order valence-electron chi connectivity index (χ0n) is 22.8. The molecular weight excluding hydrogens is 506 g/mol. The maximum atomic E-state index is 13.8. The highest BCUT2D eigenvalue weighted by atomic mass is 16.5. The van der Waals surface area contributed by atoms with Crippen LogP contribution >= 0.6 is 0 Å². The van der Waals surface area contributed by atoms with Gasteiger partial charge in [0.15, 0.2) is 0 Å². The number of hydrogen-bond acceptors (Lipinski definition) is 8. The lowest BCUT2D eigenvalue weighted by atomic mass is 10.0. The van der Waals surface area contributed by atoms with Gasteiger partial charge in [-0.25, -0.2) is 9.97 Å². The van der Waals surface area contributed by atoms with Crippen LogP contribution in [0.4, 0.5) is 11.5 Å². The van der Waals surface area contributed by atoms with E-state index < -0.39 is 0 Å². The maximum absolute atomic E-state index is 13.8. The summed E-state index contributed by atoms with van der Waals surface area (Å²) >= 11 is 0. The Morgan fingerprint density at radius 2 is 2.00 bits per heavy atom. The van der Waals surface area contributed by atoms with Gasteiger partial charge in [0.2, 0.25) is 5.82 Å². The van der Waals surface area contributed by atoms with Crippen LogP contribution < -0.4 is 4.90 Å². The topological polar surface area (TPSA) is 113 Å². The summed E-state index contributed by atoms with van der Waals surface area (Å²) in [5, 5.41) is 12.1. The van der Waals surface area contributed by atoms with Crippen molar-refractivity contribution in [2.45, 2.75) is 33.7 Å². The predicted molar refractivity (Wildman–Crippen MR) is 151 cm³/mol. The number of rotatable bonds is 8. The number of H-pyrrole nitrogens is 1. The molecule has 1 aliphatic heterocycles. The molecule has 0 saturated heterocycles. The van der Waals surface area contributed by atoms with Crippen LogP contribution in [0.15, 0.2) is 59.3 Å². The number of amides is 1. The van der Waals surface area contributed by atoms with Crippen molar-refractivity contribution < 1.29 is 14.1 Å². The molecule has 5 aromatic rings. The Labute approximate surface area is 232 Å². The van der Waals surface area contributed by atoms with Crippen LogP contribution in [-0.4, -0.2) is 62.4 Å². The monoisotopic (exact) mass is 537 g/mol. The third-order valence-electron chi connectivity index (χ3n) is 7.26. The average molecular weight is 538 g/mol. The SMILES string of the molecule is CCOCCN(c1ccccc1)c1nc(C(=O)N2CCc3[nH]ncc3C2)nc2ccc(-c3c(C)noc3C)cc12. The number of ether oxygens (including phenoxy) is 1. The Morgan fingerprint density at radius 3 is 2.77 bits per heavy atom. The summed E-state index contributed by atoms with van der Waals surface area (Å²) in [6.45, 7) is 8.51. The molecule has 0 atom stereocenters. The highest BCUT2D eigenvalue weighted by molar-refractivity contribution is 5.99. The van der Waals surface area contributed by atoms with Crippen molar-refractivity contribution in [1.82, 2.24) is 30.2 Å². The zero-order valence-corrected chi connectivity index (χ0v) is 22.8. The summed E-state index contributed by atoms with van der Waals surface area (Å²) in [7, 11) is 0. The van der Waals surface area contributed by atoms with E-state index in [2.05, 4.69) is 26.3 Å². The van der Waals surface area contributed by atoms with E-state index in [1.807, 2.05) is 63.2 Å². The highest BCUT2D eigenvalue weighted by Crippen LogP contribution is 2.35. The summed E-state index contributed by atoms with van der Waals surface area (Å²) in [5.74, 6) is 1.35. The standard InChI is InChI=1S/C30H31N7O3/c1-4-39-15-14-37(23-8-6-5-7-9-23)29-24-16-21(27-19(2)35-40-20(27)3)10-11-26(24)32-28(33-29)30(38)36-13-12-25-22(18-36)17-31-34-25/h5-11,16-17H,4,12-15,18H2,1-3H3,(H,31,34). The summed E-state index contributed by atoms with van der Waals surface area (Å²) < 4.78 is 11.2. The first-order valence-corrected chi connectivity index (χ1v) is 13.5. The Balaban J connectivity index is 1.49. The van der Waals surface area contributed by atoms with Crippen molar-refractivity contribution in [2.75, 3.05) is 31.2 Å². The summed E-state index contributed by atoms with van der Waals surface area (Å²) in [6.07, 6.45) is 2.50. The van der Waals surface area contributed by atoms with Crippen molar-refractivity contribution in [1.29, 1.82) is 0 Å². The van der Waals surface area contributed by atoms with Crippen LogP contribution in [0.2, 0.25) is 0 Å². The molecule has 6 rings (SSSR count). The van der Waals surface area contributed by atoms with E-state index in [0.717, 1.165) is 44.9 Å². The van der Waals surface area contributed by atoms with Crippen molar-refractivity contribution in [3.05, 3.63) is 83.3 Å². The molecule has 204 valence electrons. The Bertz CT molecular complexity index is 1640. The minimum absolute atomic E-state index is 0.164. The minimum Gasteiger partial charge on any atom is -0.380 e. The molecule has 0 unspecified atom stereocenters. The molecule has 0 saturated carbocycles. The molecule has 0 aliphatic carbocycles. The van der Waals surface area contributed by atoms with Crippen LogP contribution in [0.3, 0.4) is 0 Å². The first-order chi connectivity index (χ1) is 19.5. The molecular formula is C30H31N7O3. The number of nitrogens with zero attached hydrogens (tertiary/aromatic N) is 6. The second-order valence-electron chi connectivity index (χ2n) is 9.84. The van der Waals surface area contributed by atoms with Gasteiger partial charge in [-0.2, -0.15) is 5.10 Å². The number of nitrogens with one attached hydrogen (secondary N) is 1. The molecule has 0 spiro atoms. The average Bonchev–Trinajstić information content (AvgIpc) is 3.59. The minimum atomic E-state index is -0.206. The van der Waals surface area contributed by atoms with Gasteiger partial charge in [0.25, 0.3) is 5.91 Å². The van der Waals surface area contributed by atoms with Gasteiger partial charge in [-0.1, -0.05) is 29.4 Å². The second-order valence-corrected chi connectivity index (χ2v) is 9.84. The molecule has 1 aliphatic rings. The van der Waals surface area contributed by atoms with E-state index in [-0.39, 0.29) is 11.7 Å². The Kier molecular flexibility index (Phi) is 7.00. The van der Waals surface area contributed by atoms with Gasteiger partial charge in [0.05, 0.1) is 24.0 Å². The summed E-state index contributed by atoms with van der Waals surface area (Å²) in [5.41, 5.74) is 6.43. The molecule has 0 fully saturated rings. The Morgan fingerprint density at radius 1 is 1.15 bits per heavy atom. The number of aromatic nitrogens is 5. The number of para-hydroxylation sites is 1. The first kappa shape index (κ1) is 25.7. The van der Waals surface area contributed by atoms with Crippen LogP contribution in [0.5, 0.6) is 0 Å². The molecule has 10 heteroatoms. The fraction of sp³-hybridized carbons (Fsp3) is 0.300. The lowest BCUT2D eigenvalue weighted by molar-refractivity contribution is 0.0722. The van der Waals surface area contributed by atoms with Crippen LogP contribution in [-0.2, 0) is 17.7 Å². The van der Waals surface area contributed by atoms with Gasteiger partial charge in [-0.15, -0.1) is 0 Å². The molecule has 1 N–H and O–H groups in total. The largest absolute Gasteiger partial charge is 0.380 e. The number of aryl methyl sites for hydroxylation is 2. The molecule has 40 heavy (non-hydrogen) atoms. The number of carbonyl (C=O) groups excluding carboxylic acids is 1. The quantitative estimate of drug-likeness (QED) is 0.275. The van der Waals surface area contributed by atoms with E-state index in [4.69, 9.17) is 19.2 Å². The lowest BCUT2D eigenvalue weighted by Gasteiger charge is -2.28. The fourth-order valence-corrected chi connectivity index (χ4v) is 5.27. The van der Waals surface area contributed by atoms with E-state index in [0.29, 0.717) is 50.6 Å². The van der Waals surface area contributed by atoms with E-state index >= 15 is 0 Å². The van der Waals surface area contributed by atoms with E-state index in [9.17, 15) is 4.79 Å². The molecule has 0 bridgehead atoms. The third-order valence-corrected chi connectivity index (χ3v) is 7.26. The smallest absolute Gasteiger partial charge is 0.292 e. The Hall–Kier alpha value is -4.57. The number of carbonyl (C=O) groups is 1. The zero-order chi connectivity index (χ0) is 27.6. The van der Waals surface area contributed by atoms with Crippen molar-refractivity contribution in [2.24, 2.45) is 0 Å². The second kappa shape index (κ2) is 10.9. The highest BCUT2D eigenvalue weighted by Gasteiger charge is 2.27. The predicted octanol–water partition coefficient (Wildman–Crippen LogP) is 5.00. The molecule has 0 radical (unpaired) electrons. The molecule has 4 heterocycles. The van der Waals surface area contributed by atoms with Gasteiger partial charge in [-0.3, -0.25) is 9.89 Å². The number of aromatic amines is 1. The van der Waals surface area contributed by atoms with Crippen LogP contribution in [0, 0.1) is 13.8 Å². The van der Waals surface area contributed by atoms with Crippen molar-refractivity contribution >= 4 is 28.3 Å². The summed E-state index contributed by atoms with van der Waals surface area (Å²) in [4.78, 5) is 27.4. The molecule has 3 aromatic heterocycles.